The third-order valence-electron chi connectivity index (χ3n) is 3.32. The fourth-order valence-electron chi connectivity index (χ4n) is 1.97. The summed E-state index contributed by atoms with van der Waals surface area (Å²) in [5.74, 6) is -2.26. The minimum absolute atomic E-state index is 0.237. The van der Waals surface area contributed by atoms with Crippen molar-refractivity contribution in [2.75, 3.05) is 18.9 Å². The number of anilines is 1. The zero-order valence-corrected chi connectivity index (χ0v) is 12.4. The molecule has 1 atom stereocenters. The lowest BCUT2D eigenvalue weighted by Gasteiger charge is -2.21. The summed E-state index contributed by atoms with van der Waals surface area (Å²) < 4.78 is 24.9. The fourth-order valence-corrected chi connectivity index (χ4v) is 2.57. The van der Waals surface area contributed by atoms with Crippen LogP contribution in [0.25, 0.3) is 0 Å². The maximum atomic E-state index is 12.5. The number of alkyl halides is 2. The minimum atomic E-state index is -2.54. The van der Waals surface area contributed by atoms with E-state index in [1.165, 1.54) is 11.0 Å². The Morgan fingerprint density at radius 2 is 2.14 bits per heavy atom. The molecular weight excluding hydrogens is 298 g/mol. The van der Waals surface area contributed by atoms with Crippen molar-refractivity contribution >= 4 is 23.5 Å². The third-order valence-corrected chi connectivity index (χ3v) is 4.11. The molecule has 0 heterocycles. The van der Waals surface area contributed by atoms with Crippen LogP contribution in [-0.2, 0) is 0 Å². The van der Waals surface area contributed by atoms with Crippen molar-refractivity contribution in [3.05, 3.63) is 24.3 Å². The van der Waals surface area contributed by atoms with Crippen LogP contribution in [-0.4, -0.2) is 41.5 Å². The number of hydrogen-bond donors (Lipinski definition) is 2. The van der Waals surface area contributed by atoms with Crippen LogP contribution in [0.1, 0.15) is 12.8 Å². The maximum Gasteiger partial charge on any atom is 0.321 e. The largest absolute Gasteiger partial charge is 0.391 e. The van der Waals surface area contributed by atoms with Crippen LogP contribution >= 0.6 is 11.8 Å². The number of rotatable bonds is 6. The van der Waals surface area contributed by atoms with Crippen LogP contribution in [0.3, 0.4) is 0 Å². The highest BCUT2D eigenvalue weighted by atomic mass is 32.2. The fraction of sp³-hybridized carbons (Fsp3) is 0.500. The number of thioether (sulfide) groups is 1. The van der Waals surface area contributed by atoms with Gasteiger partial charge in [-0.25, -0.2) is 4.79 Å². The number of nitrogens with zero attached hydrogens (tertiary/aromatic N) is 1. The normalized spacial score (nSPS) is 15.9. The predicted molar refractivity (Wildman–Crippen MR) is 78.7 cm³/mol. The SMILES string of the molecule is CN(CC(O)C1CC1)C(=O)Nc1ccccc1SC(F)F. The van der Waals surface area contributed by atoms with Crippen molar-refractivity contribution in [1.82, 2.24) is 4.90 Å². The monoisotopic (exact) mass is 316 g/mol. The first-order valence-electron chi connectivity index (χ1n) is 6.71. The number of nitrogens with one attached hydrogen (secondary N) is 1. The summed E-state index contributed by atoms with van der Waals surface area (Å²) >= 11 is 0.392. The number of urea groups is 1. The summed E-state index contributed by atoms with van der Waals surface area (Å²) in [6, 6.07) is 6.00. The van der Waals surface area contributed by atoms with E-state index in [0.717, 1.165) is 12.8 Å². The molecule has 0 aromatic heterocycles. The van der Waals surface area contributed by atoms with Gasteiger partial charge in [0.1, 0.15) is 0 Å². The van der Waals surface area contributed by atoms with Gasteiger partial charge in [-0.15, -0.1) is 0 Å². The van der Waals surface area contributed by atoms with Gasteiger partial charge in [0.15, 0.2) is 0 Å². The molecule has 1 fully saturated rings. The summed E-state index contributed by atoms with van der Waals surface area (Å²) in [5.41, 5.74) is 0.348. The number of hydrogen-bond acceptors (Lipinski definition) is 3. The van der Waals surface area contributed by atoms with Crippen LogP contribution in [0.5, 0.6) is 0 Å². The van der Waals surface area contributed by atoms with E-state index < -0.39 is 17.9 Å². The van der Waals surface area contributed by atoms with E-state index in [1.54, 1.807) is 25.2 Å². The molecule has 0 aliphatic heterocycles. The molecule has 1 aromatic carbocycles. The number of carbonyl (C=O) groups is 1. The topological polar surface area (TPSA) is 52.6 Å². The van der Waals surface area contributed by atoms with Crippen LogP contribution in [0, 0.1) is 5.92 Å². The van der Waals surface area contributed by atoms with Crippen molar-refractivity contribution in [3.8, 4) is 0 Å². The highest BCUT2D eigenvalue weighted by Gasteiger charge is 2.31. The molecule has 116 valence electrons. The van der Waals surface area contributed by atoms with Crippen molar-refractivity contribution in [2.45, 2.75) is 29.6 Å². The Hall–Kier alpha value is -1.34. The number of aliphatic hydroxyl groups is 1. The molecule has 1 aliphatic rings. The molecule has 4 nitrogen and oxygen atoms in total. The molecule has 0 spiro atoms. The molecule has 2 rings (SSSR count). The molecule has 21 heavy (non-hydrogen) atoms. The Bertz CT molecular complexity index is 498. The second kappa shape index (κ2) is 7.09. The molecule has 2 N–H and O–H groups in total. The van der Waals surface area contributed by atoms with Gasteiger partial charge in [-0.1, -0.05) is 23.9 Å². The Morgan fingerprint density at radius 1 is 1.48 bits per heavy atom. The van der Waals surface area contributed by atoms with Gasteiger partial charge in [0.05, 0.1) is 11.8 Å². The zero-order valence-electron chi connectivity index (χ0n) is 11.6. The Morgan fingerprint density at radius 3 is 2.76 bits per heavy atom. The van der Waals surface area contributed by atoms with Crippen molar-refractivity contribution < 1.29 is 18.7 Å². The number of amides is 2. The van der Waals surface area contributed by atoms with Gasteiger partial charge in [0, 0.05) is 18.5 Å². The summed E-state index contributed by atoms with van der Waals surface area (Å²) in [6.45, 7) is 0.237. The first kappa shape index (κ1) is 16.0. The molecule has 2 amide bonds. The molecule has 1 aromatic rings. The van der Waals surface area contributed by atoms with Crippen LogP contribution in [0.15, 0.2) is 29.2 Å². The van der Waals surface area contributed by atoms with Gasteiger partial charge >= 0.3 is 6.03 Å². The van der Waals surface area contributed by atoms with Gasteiger partial charge in [0.25, 0.3) is 5.76 Å². The number of likely N-dealkylation sites (N-methyl/N-ethyl adjacent to an activating group) is 1. The Kier molecular flexibility index (Phi) is 5.41. The summed E-state index contributed by atoms with van der Waals surface area (Å²) in [7, 11) is 1.57. The molecule has 0 bridgehead atoms. The van der Waals surface area contributed by atoms with E-state index in [0.29, 0.717) is 22.3 Å². The van der Waals surface area contributed by atoms with E-state index in [1.807, 2.05) is 0 Å². The van der Waals surface area contributed by atoms with Crippen molar-refractivity contribution in [3.63, 3.8) is 0 Å². The quantitative estimate of drug-likeness (QED) is 0.792. The zero-order chi connectivity index (χ0) is 15.4. The molecule has 1 saturated carbocycles. The smallest absolute Gasteiger partial charge is 0.321 e. The Labute approximate surface area is 126 Å². The van der Waals surface area contributed by atoms with Crippen molar-refractivity contribution in [2.24, 2.45) is 5.92 Å². The molecule has 1 unspecified atom stereocenters. The highest BCUT2D eigenvalue weighted by molar-refractivity contribution is 7.99. The van der Waals surface area contributed by atoms with Crippen LogP contribution in [0.4, 0.5) is 19.3 Å². The first-order chi connectivity index (χ1) is 9.97. The van der Waals surface area contributed by atoms with E-state index >= 15 is 0 Å². The lowest BCUT2D eigenvalue weighted by atomic mass is 10.2. The van der Waals surface area contributed by atoms with Gasteiger partial charge in [-0.05, 0) is 30.9 Å². The second-order valence-electron chi connectivity index (χ2n) is 5.09. The minimum Gasteiger partial charge on any atom is -0.391 e. The molecule has 7 heteroatoms. The lowest BCUT2D eigenvalue weighted by Crippen LogP contribution is -2.38. The summed E-state index contributed by atoms with van der Waals surface area (Å²) in [4.78, 5) is 13.7. The van der Waals surface area contributed by atoms with Crippen LogP contribution < -0.4 is 5.32 Å². The number of halogens is 2. The predicted octanol–water partition coefficient (Wildman–Crippen LogP) is 3.24. The van der Waals surface area contributed by atoms with Gasteiger partial charge in [-0.2, -0.15) is 8.78 Å². The number of carbonyl (C=O) groups excluding carboxylic acids is 1. The number of aliphatic hydroxyl groups excluding tert-OH is 1. The van der Waals surface area contributed by atoms with E-state index in [-0.39, 0.29) is 12.5 Å². The van der Waals surface area contributed by atoms with Crippen molar-refractivity contribution in [1.29, 1.82) is 0 Å². The lowest BCUT2D eigenvalue weighted by molar-refractivity contribution is 0.117. The summed E-state index contributed by atoms with van der Waals surface area (Å²) in [6.07, 6.45) is 1.46. The average Bonchev–Trinajstić information content (AvgIpc) is 3.24. The van der Waals surface area contributed by atoms with E-state index in [9.17, 15) is 18.7 Å². The third kappa shape index (κ3) is 4.86. The van der Waals surface area contributed by atoms with E-state index in [2.05, 4.69) is 5.32 Å². The van der Waals surface area contributed by atoms with Gasteiger partial charge < -0.3 is 15.3 Å². The molecule has 0 radical (unpaired) electrons. The maximum absolute atomic E-state index is 12.5. The first-order valence-corrected chi connectivity index (χ1v) is 7.59. The number of benzene rings is 1. The van der Waals surface area contributed by atoms with E-state index in [4.69, 9.17) is 0 Å². The average molecular weight is 316 g/mol. The molecular formula is C14H18F2N2O2S. The summed E-state index contributed by atoms with van der Waals surface area (Å²) in [5, 5.41) is 12.4. The number of para-hydroxylation sites is 1. The second-order valence-corrected chi connectivity index (χ2v) is 6.12. The Balaban J connectivity index is 1.94. The highest BCUT2D eigenvalue weighted by Crippen LogP contribution is 2.33. The van der Waals surface area contributed by atoms with Gasteiger partial charge in [-0.3, -0.25) is 0 Å². The molecule has 0 saturated heterocycles. The molecule has 1 aliphatic carbocycles. The van der Waals surface area contributed by atoms with Gasteiger partial charge in [0.2, 0.25) is 0 Å². The van der Waals surface area contributed by atoms with Crippen LogP contribution in [0.2, 0.25) is 0 Å². The standard InChI is InChI=1S/C14H18F2N2O2S/c1-18(8-11(19)9-6-7-9)14(20)17-10-4-2-3-5-12(10)21-13(15)16/h2-5,9,11,13,19H,6-8H2,1H3,(H,17,20).